The number of likely N-dealkylation sites (N-methyl/N-ethyl adjacent to an activating group) is 1. The lowest BCUT2D eigenvalue weighted by molar-refractivity contribution is 0.764. The number of H-pyrrole nitrogens is 2. The Hall–Kier alpha value is -1.66. The summed E-state index contributed by atoms with van der Waals surface area (Å²) in [5, 5.41) is 3.12. The van der Waals surface area contributed by atoms with Crippen LogP contribution in [0, 0.1) is 6.92 Å². The fourth-order valence-corrected chi connectivity index (χ4v) is 2.78. The van der Waals surface area contributed by atoms with Crippen molar-refractivity contribution in [3.63, 3.8) is 0 Å². The number of fused-ring (bicyclic) bond motifs is 1. The van der Waals surface area contributed by atoms with E-state index in [1.54, 1.807) is 0 Å². The van der Waals surface area contributed by atoms with Crippen LogP contribution in [-0.2, 0) is 6.42 Å². The fraction of sp³-hybridized carbons (Fsp3) is 0.286. The first-order valence-corrected chi connectivity index (χ1v) is 7.32. The Balaban J connectivity index is 1.99. The molecule has 0 saturated carbocycles. The van der Waals surface area contributed by atoms with E-state index in [1.807, 2.05) is 26.1 Å². The summed E-state index contributed by atoms with van der Waals surface area (Å²) in [7, 11) is 1.94. The summed E-state index contributed by atoms with van der Waals surface area (Å²) in [5.74, 6) is 1.90. The molecule has 104 valence electrons. The van der Waals surface area contributed by atoms with Crippen molar-refractivity contribution in [2.24, 2.45) is 0 Å². The highest BCUT2D eigenvalue weighted by atomic mass is 79.9. The highest BCUT2D eigenvalue weighted by Crippen LogP contribution is 2.28. The Morgan fingerprint density at radius 1 is 1.25 bits per heavy atom. The fourth-order valence-electron chi connectivity index (χ4n) is 2.24. The van der Waals surface area contributed by atoms with Crippen molar-refractivity contribution in [3.8, 4) is 11.3 Å². The molecule has 0 saturated heterocycles. The van der Waals surface area contributed by atoms with E-state index < -0.39 is 0 Å². The largest absolute Gasteiger partial charge is 0.342 e. The number of aromatic nitrogens is 4. The van der Waals surface area contributed by atoms with Gasteiger partial charge in [-0.2, -0.15) is 0 Å². The number of nitrogens with zero attached hydrogens (tertiary/aromatic N) is 2. The van der Waals surface area contributed by atoms with Gasteiger partial charge in [-0.1, -0.05) is 6.07 Å². The smallest absolute Gasteiger partial charge is 0.110 e. The van der Waals surface area contributed by atoms with Crippen molar-refractivity contribution in [1.82, 2.24) is 25.3 Å². The summed E-state index contributed by atoms with van der Waals surface area (Å²) in [6.45, 7) is 2.86. The first-order chi connectivity index (χ1) is 9.67. The van der Waals surface area contributed by atoms with Crippen LogP contribution in [-0.4, -0.2) is 33.5 Å². The third-order valence-electron chi connectivity index (χ3n) is 3.19. The van der Waals surface area contributed by atoms with E-state index in [9.17, 15) is 0 Å². The summed E-state index contributed by atoms with van der Waals surface area (Å²) in [6, 6.07) is 6.14. The van der Waals surface area contributed by atoms with Crippen LogP contribution in [0.25, 0.3) is 22.3 Å². The molecule has 0 atom stereocenters. The zero-order valence-corrected chi connectivity index (χ0v) is 13.0. The molecule has 0 bridgehead atoms. The first kappa shape index (κ1) is 13.3. The number of aromatic amines is 2. The molecule has 0 amide bonds. The molecule has 3 aromatic rings. The molecule has 2 aromatic heterocycles. The number of imidazole rings is 2. The second-order valence-electron chi connectivity index (χ2n) is 4.75. The molecule has 0 aliphatic carbocycles. The zero-order chi connectivity index (χ0) is 14.1. The Morgan fingerprint density at radius 3 is 2.90 bits per heavy atom. The molecule has 5 nitrogen and oxygen atoms in total. The van der Waals surface area contributed by atoms with Gasteiger partial charge in [0.15, 0.2) is 0 Å². The zero-order valence-electron chi connectivity index (χ0n) is 11.4. The number of aryl methyl sites for hydroxylation is 1. The van der Waals surface area contributed by atoms with Crippen LogP contribution in [0.2, 0.25) is 0 Å². The van der Waals surface area contributed by atoms with Crippen LogP contribution in [0.5, 0.6) is 0 Å². The third-order valence-corrected chi connectivity index (χ3v) is 3.77. The molecule has 0 unspecified atom stereocenters. The second-order valence-corrected chi connectivity index (χ2v) is 5.55. The van der Waals surface area contributed by atoms with Crippen LogP contribution in [0.1, 0.15) is 11.6 Å². The van der Waals surface area contributed by atoms with E-state index in [-0.39, 0.29) is 0 Å². The molecular formula is C14H16BrN5. The number of nitrogens with one attached hydrogen (secondary N) is 3. The van der Waals surface area contributed by atoms with Crippen molar-refractivity contribution in [1.29, 1.82) is 0 Å². The van der Waals surface area contributed by atoms with Gasteiger partial charge in [0.2, 0.25) is 0 Å². The molecular weight excluding hydrogens is 318 g/mol. The van der Waals surface area contributed by atoms with Crippen LogP contribution in [0.4, 0.5) is 0 Å². The van der Waals surface area contributed by atoms with Crippen molar-refractivity contribution in [3.05, 3.63) is 34.5 Å². The van der Waals surface area contributed by atoms with E-state index in [1.165, 1.54) is 0 Å². The molecule has 6 heteroatoms. The van der Waals surface area contributed by atoms with Gasteiger partial charge < -0.3 is 15.3 Å². The molecule has 2 heterocycles. The predicted molar refractivity (Wildman–Crippen MR) is 83.7 cm³/mol. The lowest BCUT2D eigenvalue weighted by Gasteiger charge is -1.98. The Bertz CT molecular complexity index is 743. The van der Waals surface area contributed by atoms with Gasteiger partial charge in [0.05, 0.1) is 11.0 Å². The summed E-state index contributed by atoms with van der Waals surface area (Å²) < 4.78 is 0.916. The maximum Gasteiger partial charge on any atom is 0.110 e. The molecule has 0 fully saturated rings. The van der Waals surface area contributed by atoms with Crippen molar-refractivity contribution < 1.29 is 0 Å². The highest BCUT2D eigenvalue weighted by molar-refractivity contribution is 9.10. The van der Waals surface area contributed by atoms with E-state index in [0.29, 0.717) is 0 Å². The minimum atomic E-state index is 0.876. The standard InChI is InChI=1S/C14H16BrN5/c1-8-17-10-4-3-9(7-11(10)18-8)13-14(15)20-12(19-13)5-6-16-2/h3-4,7,16H,5-6H2,1-2H3,(H,17,18)(H,19,20). The van der Waals surface area contributed by atoms with Gasteiger partial charge >= 0.3 is 0 Å². The lowest BCUT2D eigenvalue weighted by atomic mass is 10.1. The summed E-state index contributed by atoms with van der Waals surface area (Å²) in [5.41, 5.74) is 4.02. The average molecular weight is 334 g/mol. The van der Waals surface area contributed by atoms with Crippen LogP contribution in [0.3, 0.4) is 0 Å². The predicted octanol–water partition coefficient (Wildman–Crippen LogP) is 2.79. The number of halogens is 1. The molecule has 0 spiro atoms. The molecule has 0 aliphatic rings. The molecule has 20 heavy (non-hydrogen) atoms. The van der Waals surface area contributed by atoms with E-state index in [4.69, 9.17) is 0 Å². The van der Waals surface area contributed by atoms with E-state index in [2.05, 4.69) is 47.2 Å². The Kier molecular flexibility index (Phi) is 3.58. The van der Waals surface area contributed by atoms with Gasteiger partial charge in [0.1, 0.15) is 21.9 Å². The van der Waals surface area contributed by atoms with Gasteiger partial charge in [0.25, 0.3) is 0 Å². The number of hydrogen-bond acceptors (Lipinski definition) is 3. The van der Waals surface area contributed by atoms with Crippen molar-refractivity contribution in [2.75, 3.05) is 13.6 Å². The summed E-state index contributed by atoms with van der Waals surface area (Å²) >= 11 is 3.55. The lowest BCUT2D eigenvalue weighted by Crippen LogP contribution is -2.11. The molecule has 3 N–H and O–H groups in total. The van der Waals surface area contributed by atoms with Crippen LogP contribution in [0.15, 0.2) is 22.8 Å². The van der Waals surface area contributed by atoms with Crippen molar-refractivity contribution >= 4 is 27.0 Å². The highest BCUT2D eigenvalue weighted by Gasteiger charge is 2.11. The quantitative estimate of drug-likeness (QED) is 0.687. The van der Waals surface area contributed by atoms with E-state index >= 15 is 0 Å². The molecule has 0 aliphatic heterocycles. The van der Waals surface area contributed by atoms with Crippen LogP contribution >= 0.6 is 15.9 Å². The monoisotopic (exact) mass is 333 g/mol. The minimum absolute atomic E-state index is 0.876. The topological polar surface area (TPSA) is 69.4 Å². The van der Waals surface area contributed by atoms with Crippen LogP contribution < -0.4 is 5.32 Å². The maximum absolute atomic E-state index is 4.65. The van der Waals surface area contributed by atoms with Gasteiger partial charge in [-0.25, -0.2) is 9.97 Å². The SMILES string of the molecule is CNCCc1nc(-c2ccc3nc(C)[nH]c3c2)c(Br)[nH]1. The molecule has 0 radical (unpaired) electrons. The number of hydrogen-bond donors (Lipinski definition) is 3. The normalized spacial score (nSPS) is 11.3. The molecule has 1 aromatic carbocycles. The summed E-state index contributed by atoms with van der Waals surface area (Å²) in [6.07, 6.45) is 0.876. The van der Waals surface area contributed by atoms with Gasteiger partial charge in [-0.15, -0.1) is 0 Å². The third kappa shape index (κ3) is 2.48. The van der Waals surface area contributed by atoms with Crippen molar-refractivity contribution in [2.45, 2.75) is 13.3 Å². The second kappa shape index (κ2) is 5.38. The summed E-state index contributed by atoms with van der Waals surface area (Å²) in [4.78, 5) is 15.6. The van der Waals surface area contributed by atoms with Gasteiger partial charge in [-0.3, -0.25) is 0 Å². The minimum Gasteiger partial charge on any atom is -0.342 e. The van der Waals surface area contributed by atoms with E-state index in [0.717, 1.165) is 51.5 Å². The Labute approximate surface area is 125 Å². The first-order valence-electron chi connectivity index (χ1n) is 6.53. The number of rotatable bonds is 4. The average Bonchev–Trinajstić information content (AvgIpc) is 2.97. The maximum atomic E-state index is 4.65. The Morgan fingerprint density at radius 2 is 2.10 bits per heavy atom. The number of benzene rings is 1. The van der Waals surface area contributed by atoms with Gasteiger partial charge in [-0.05, 0) is 42.0 Å². The molecule has 3 rings (SSSR count). The van der Waals surface area contributed by atoms with Gasteiger partial charge in [0, 0.05) is 18.5 Å².